The van der Waals surface area contributed by atoms with E-state index in [1.807, 2.05) is 24.3 Å². The van der Waals surface area contributed by atoms with Crippen molar-refractivity contribution in [3.8, 4) is 5.75 Å². The molecule has 6 rings (SSSR count). The lowest BCUT2D eigenvalue weighted by molar-refractivity contribution is -0.484. The summed E-state index contributed by atoms with van der Waals surface area (Å²) in [4.78, 5) is 22.5. The highest BCUT2D eigenvalue weighted by Crippen LogP contribution is 2.41. The van der Waals surface area contributed by atoms with Gasteiger partial charge in [0.15, 0.2) is 0 Å². The topological polar surface area (TPSA) is 64.6 Å². The van der Waals surface area contributed by atoms with Gasteiger partial charge in [0, 0.05) is 25.7 Å². The van der Waals surface area contributed by atoms with Crippen molar-refractivity contribution in [2.75, 3.05) is 20.3 Å². The molecule has 7 heteroatoms. The van der Waals surface area contributed by atoms with Gasteiger partial charge in [0.25, 0.3) is 0 Å². The number of hydrogen-bond donors (Lipinski definition) is 0. The van der Waals surface area contributed by atoms with E-state index >= 15 is 0 Å². The Morgan fingerprint density at radius 3 is 1.42 bits per heavy atom. The first-order valence-corrected chi connectivity index (χ1v) is 15.8. The molecule has 4 aliphatic rings. The van der Waals surface area contributed by atoms with Gasteiger partial charge in [0.05, 0.1) is 20.3 Å². The molecule has 2 unspecified atom stereocenters. The lowest BCUT2D eigenvalue weighted by Crippen LogP contribution is -2.47. The zero-order valence-corrected chi connectivity index (χ0v) is 26.3. The van der Waals surface area contributed by atoms with E-state index < -0.39 is 11.6 Å². The fourth-order valence-corrected chi connectivity index (χ4v) is 5.97. The minimum Gasteiger partial charge on any atom is -0.497 e. The van der Waals surface area contributed by atoms with E-state index in [0.29, 0.717) is 13.2 Å². The fourth-order valence-electron chi connectivity index (χ4n) is 5.97. The molecule has 2 atom stereocenters. The molecule has 0 bridgehead atoms. The van der Waals surface area contributed by atoms with Crippen LogP contribution in [0.3, 0.4) is 0 Å². The van der Waals surface area contributed by atoms with Crippen LogP contribution in [0.2, 0.25) is 0 Å². The predicted molar refractivity (Wildman–Crippen MR) is 167 cm³/mol. The van der Waals surface area contributed by atoms with Crippen LogP contribution in [-0.4, -0.2) is 44.1 Å². The third-order valence-corrected chi connectivity index (χ3v) is 9.36. The summed E-state index contributed by atoms with van der Waals surface area (Å²) in [6, 6.07) is 16.0. The molecular weight excluding hydrogens is 544 g/mol. The smallest absolute Gasteiger partial charge is 0.201 e. The third-order valence-electron chi connectivity index (χ3n) is 9.36. The summed E-state index contributed by atoms with van der Waals surface area (Å²) >= 11 is 0. The summed E-state index contributed by atoms with van der Waals surface area (Å²) in [5.74, 6) is 1.26. The van der Waals surface area contributed by atoms with Crippen LogP contribution in [0.4, 0.5) is 0 Å². The monoisotopic (exact) mass is 592 g/mol. The number of aryl methyl sites for hydroxylation is 1. The maximum absolute atomic E-state index is 6.03. The average Bonchev–Trinajstić information content (AvgIpc) is 3.05. The van der Waals surface area contributed by atoms with E-state index in [-0.39, 0.29) is 12.2 Å². The van der Waals surface area contributed by atoms with Gasteiger partial charge in [-0.05, 0) is 78.8 Å². The molecular formula is C36H48O7. The zero-order chi connectivity index (χ0) is 30.5. The van der Waals surface area contributed by atoms with Crippen molar-refractivity contribution in [3.05, 3.63) is 78.4 Å². The molecule has 2 aromatic carbocycles. The van der Waals surface area contributed by atoms with Crippen LogP contribution in [0.1, 0.15) is 81.9 Å². The fraction of sp³-hybridized carbons (Fsp3) is 0.556. The highest BCUT2D eigenvalue weighted by atomic mass is 17.2. The second kappa shape index (κ2) is 14.1. The summed E-state index contributed by atoms with van der Waals surface area (Å²) in [5, 5.41) is 0. The van der Waals surface area contributed by atoms with Gasteiger partial charge in [0.2, 0.25) is 11.6 Å². The number of benzene rings is 2. The Hall–Kier alpha value is -2.52. The van der Waals surface area contributed by atoms with Gasteiger partial charge in [-0.25, -0.2) is 19.6 Å². The van der Waals surface area contributed by atoms with Gasteiger partial charge < -0.3 is 14.2 Å². The summed E-state index contributed by atoms with van der Waals surface area (Å²) in [6.07, 6.45) is 7.64. The van der Waals surface area contributed by atoms with E-state index in [9.17, 15) is 0 Å². The Balaban J connectivity index is 0.000000171. The van der Waals surface area contributed by atoms with Gasteiger partial charge in [0.1, 0.15) is 18.0 Å². The van der Waals surface area contributed by atoms with Crippen molar-refractivity contribution in [1.82, 2.24) is 0 Å². The van der Waals surface area contributed by atoms with E-state index in [1.165, 1.54) is 5.56 Å². The molecule has 2 aliphatic heterocycles. The SMILES string of the molecule is C=C(c1ccc(C)cc1)C1COC2(CCC(C)CC2)OO1.C=C(c1ccc(OC)cc1)C1COC2(CCC(C)CC2)OO1. The predicted octanol–water partition coefficient (Wildman–Crippen LogP) is 8.22. The van der Waals surface area contributed by atoms with Gasteiger partial charge >= 0.3 is 0 Å². The molecule has 2 aliphatic carbocycles. The maximum Gasteiger partial charge on any atom is 0.201 e. The van der Waals surface area contributed by atoms with Gasteiger partial charge in [-0.2, -0.15) is 0 Å². The molecule has 7 nitrogen and oxygen atoms in total. The summed E-state index contributed by atoms with van der Waals surface area (Å²) in [5.41, 5.74) is 5.09. The van der Waals surface area contributed by atoms with E-state index in [4.69, 9.17) is 33.8 Å². The molecule has 0 aromatic heterocycles. The molecule has 0 radical (unpaired) electrons. The molecule has 2 saturated heterocycles. The van der Waals surface area contributed by atoms with Crippen molar-refractivity contribution in [2.45, 2.75) is 95.9 Å². The standard InChI is InChI=1S/C18H24O4.C18H24O3/c1-13-8-10-18(11-9-13)20-12-17(21-22-18)14(2)15-4-6-16(19-3)7-5-15;1-13-4-6-16(7-5-13)15(3)17-12-19-18(21-20-17)10-8-14(2)9-11-18/h4-7,13,17H,2,8-12H2,1,3H3;4-7,14,17H,3,8-12H2,1-2H3. The first kappa shape index (κ1) is 31.9. The molecule has 2 aromatic rings. The van der Waals surface area contributed by atoms with Crippen LogP contribution in [0.25, 0.3) is 11.1 Å². The normalized spacial score (nSPS) is 32.5. The Morgan fingerprint density at radius 2 is 1.07 bits per heavy atom. The van der Waals surface area contributed by atoms with Crippen LogP contribution in [0, 0.1) is 18.8 Å². The highest BCUT2D eigenvalue weighted by Gasteiger charge is 2.43. The molecule has 0 amide bonds. The summed E-state index contributed by atoms with van der Waals surface area (Å²) in [7, 11) is 1.65. The minimum absolute atomic E-state index is 0.224. The molecule has 0 N–H and O–H groups in total. The molecule has 4 fully saturated rings. The zero-order valence-electron chi connectivity index (χ0n) is 26.3. The second-order valence-corrected chi connectivity index (χ2v) is 12.8. The largest absolute Gasteiger partial charge is 0.497 e. The van der Waals surface area contributed by atoms with Crippen LogP contribution in [0.15, 0.2) is 61.7 Å². The summed E-state index contributed by atoms with van der Waals surface area (Å²) in [6.45, 7) is 15.9. The van der Waals surface area contributed by atoms with Crippen LogP contribution in [-0.2, 0) is 29.0 Å². The van der Waals surface area contributed by atoms with Gasteiger partial charge in [-0.15, -0.1) is 0 Å². The van der Waals surface area contributed by atoms with Crippen molar-refractivity contribution >= 4 is 11.1 Å². The summed E-state index contributed by atoms with van der Waals surface area (Å²) < 4.78 is 17.2. The molecule has 2 spiro atoms. The Morgan fingerprint density at radius 1 is 0.674 bits per heavy atom. The molecule has 234 valence electrons. The average molecular weight is 593 g/mol. The number of ether oxygens (including phenoxy) is 3. The molecule has 43 heavy (non-hydrogen) atoms. The Kier molecular flexibility index (Phi) is 10.4. The van der Waals surface area contributed by atoms with Gasteiger partial charge in [-0.3, -0.25) is 0 Å². The second-order valence-electron chi connectivity index (χ2n) is 12.8. The maximum atomic E-state index is 6.03. The third kappa shape index (κ3) is 7.96. The molecule has 2 heterocycles. The number of methoxy groups -OCH3 is 1. The lowest BCUT2D eigenvalue weighted by atomic mass is 9.86. The quantitative estimate of drug-likeness (QED) is 0.324. The lowest BCUT2D eigenvalue weighted by Gasteiger charge is -2.42. The van der Waals surface area contributed by atoms with Crippen LogP contribution < -0.4 is 4.74 Å². The Bertz CT molecular complexity index is 1190. The van der Waals surface area contributed by atoms with E-state index in [2.05, 4.69) is 58.2 Å². The van der Waals surface area contributed by atoms with Crippen molar-refractivity contribution in [3.63, 3.8) is 0 Å². The van der Waals surface area contributed by atoms with Crippen molar-refractivity contribution < 1.29 is 33.8 Å². The number of rotatable bonds is 5. The Labute approximate surface area is 257 Å². The van der Waals surface area contributed by atoms with E-state index in [0.717, 1.165) is 91.2 Å². The van der Waals surface area contributed by atoms with Crippen LogP contribution in [0.5, 0.6) is 5.75 Å². The van der Waals surface area contributed by atoms with Crippen LogP contribution >= 0.6 is 0 Å². The number of hydrogen-bond acceptors (Lipinski definition) is 7. The first-order valence-electron chi connectivity index (χ1n) is 15.8. The molecule has 2 saturated carbocycles. The van der Waals surface area contributed by atoms with Gasteiger partial charge in [-0.1, -0.05) is 69.0 Å². The van der Waals surface area contributed by atoms with E-state index in [1.54, 1.807) is 7.11 Å². The van der Waals surface area contributed by atoms with Crippen molar-refractivity contribution in [2.24, 2.45) is 11.8 Å². The highest BCUT2D eigenvalue weighted by molar-refractivity contribution is 5.68. The first-order chi connectivity index (χ1) is 20.7. The van der Waals surface area contributed by atoms with Crippen molar-refractivity contribution in [1.29, 1.82) is 0 Å². The minimum atomic E-state index is -0.538.